The van der Waals surface area contributed by atoms with Gasteiger partial charge in [0.2, 0.25) is 0 Å². The summed E-state index contributed by atoms with van der Waals surface area (Å²) in [6.45, 7) is 9.05. The Morgan fingerprint density at radius 3 is 2.23 bits per heavy atom. The van der Waals surface area contributed by atoms with E-state index >= 15 is 0 Å². The molecule has 0 saturated heterocycles. The first kappa shape index (κ1) is 23.1. The van der Waals surface area contributed by atoms with Gasteiger partial charge in [-0.25, -0.2) is 4.79 Å². The summed E-state index contributed by atoms with van der Waals surface area (Å²) in [4.78, 5) is 12.2. The fourth-order valence-electron chi connectivity index (χ4n) is 3.84. The predicted octanol–water partition coefficient (Wildman–Crippen LogP) is 6.49. The van der Waals surface area contributed by atoms with Crippen LogP contribution in [-0.4, -0.2) is 32.5 Å². The van der Waals surface area contributed by atoms with E-state index in [1.54, 1.807) is 0 Å². The summed E-state index contributed by atoms with van der Waals surface area (Å²) in [7, 11) is 0. The van der Waals surface area contributed by atoms with Crippen molar-refractivity contribution in [3.8, 4) is 0 Å². The SMILES string of the molecule is CCCCNCCC(C)(C)COC(=O)OCCc1c2ccccc2cc2ccccc12. The van der Waals surface area contributed by atoms with E-state index in [2.05, 4.69) is 80.7 Å². The molecule has 0 aliphatic rings. The maximum Gasteiger partial charge on any atom is 0.508 e. The molecule has 0 bridgehead atoms. The average Bonchev–Trinajstić information content (AvgIpc) is 2.77. The summed E-state index contributed by atoms with van der Waals surface area (Å²) in [5.41, 5.74) is 1.13. The number of unbranched alkanes of at least 4 members (excludes halogenated alkanes) is 1. The first-order valence-electron chi connectivity index (χ1n) is 11.4. The van der Waals surface area contributed by atoms with Gasteiger partial charge in [0.1, 0.15) is 6.61 Å². The average molecular weight is 422 g/mol. The molecule has 0 fully saturated rings. The molecule has 0 aromatic heterocycles. The smallest absolute Gasteiger partial charge is 0.434 e. The summed E-state index contributed by atoms with van der Waals surface area (Å²) in [5.74, 6) is 0. The lowest BCUT2D eigenvalue weighted by molar-refractivity contribution is 0.0284. The molecule has 31 heavy (non-hydrogen) atoms. The van der Waals surface area contributed by atoms with Crippen LogP contribution in [0.1, 0.15) is 45.6 Å². The van der Waals surface area contributed by atoms with Crippen LogP contribution in [0.4, 0.5) is 4.79 Å². The molecule has 0 saturated carbocycles. The van der Waals surface area contributed by atoms with E-state index in [9.17, 15) is 4.79 Å². The monoisotopic (exact) mass is 421 g/mol. The number of hydrogen-bond acceptors (Lipinski definition) is 4. The standard InChI is InChI=1S/C27H35NO3/c1-4-5-16-28-17-15-27(2,3)20-31-26(29)30-18-14-25-23-12-8-6-10-21(23)19-22-11-7-9-13-24(22)25/h6-13,19,28H,4-5,14-18,20H2,1-3H3. The lowest BCUT2D eigenvalue weighted by Crippen LogP contribution is -2.28. The van der Waals surface area contributed by atoms with Gasteiger partial charge in [0.25, 0.3) is 0 Å². The van der Waals surface area contributed by atoms with Gasteiger partial charge in [-0.15, -0.1) is 0 Å². The van der Waals surface area contributed by atoms with Gasteiger partial charge in [0.05, 0.1) is 6.61 Å². The van der Waals surface area contributed by atoms with Gasteiger partial charge < -0.3 is 14.8 Å². The molecule has 3 aromatic rings. The van der Waals surface area contributed by atoms with E-state index in [4.69, 9.17) is 9.47 Å². The lowest BCUT2D eigenvalue weighted by Gasteiger charge is -2.24. The fourth-order valence-corrected chi connectivity index (χ4v) is 3.84. The Kier molecular flexibility index (Phi) is 8.30. The highest BCUT2D eigenvalue weighted by Crippen LogP contribution is 2.29. The van der Waals surface area contributed by atoms with Gasteiger partial charge in [-0.3, -0.25) is 0 Å². The first-order valence-corrected chi connectivity index (χ1v) is 11.4. The summed E-state index contributed by atoms with van der Waals surface area (Å²) >= 11 is 0. The number of carbonyl (C=O) groups is 1. The van der Waals surface area contributed by atoms with E-state index in [1.165, 1.54) is 39.9 Å². The van der Waals surface area contributed by atoms with Crippen LogP contribution < -0.4 is 5.32 Å². The second-order valence-electron chi connectivity index (χ2n) is 8.95. The maximum absolute atomic E-state index is 12.2. The molecule has 4 nitrogen and oxygen atoms in total. The molecule has 3 rings (SSSR count). The largest absolute Gasteiger partial charge is 0.508 e. The van der Waals surface area contributed by atoms with Crippen LogP contribution in [0, 0.1) is 5.41 Å². The van der Waals surface area contributed by atoms with Crippen LogP contribution in [0.5, 0.6) is 0 Å². The fraction of sp³-hybridized carbons (Fsp3) is 0.444. The van der Waals surface area contributed by atoms with Crippen LogP contribution in [0.15, 0.2) is 54.6 Å². The Balaban J connectivity index is 1.52. The molecule has 166 valence electrons. The van der Waals surface area contributed by atoms with Gasteiger partial charge >= 0.3 is 6.16 Å². The third kappa shape index (κ3) is 6.70. The van der Waals surface area contributed by atoms with Gasteiger partial charge in [-0.05, 0) is 59.1 Å². The van der Waals surface area contributed by atoms with Crippen molar-refractivity contribution in [2.75, 3.05) is 26.3 Å². The van der Waals surface area contributed by atoms with Crippen molar-refractivity contribution in [3.63, 3.8) is 0 Å². The van der Waals surface area contributed by atoms with E-state index in [0.29, 0.717) is 19.6 Å². The minimum absolute atomic E-state index is 0.0793. The molecule has 3 aromatic carbocycles. The zero-order valence-corrected chi connectivity index (χ0v) is 19.1. The molecule has 0 atom stereocenters. The number of ether oxygens (including phenoxy) is 2. The third-order valence-corrected chi connectivity index (χ3v) is 5.72. The maximum atomic E-state index is 12.2. The number of nitrogens with one attached hydrogen (secondary N) is 1. The molecule has 0 radical (unpaired) electrons. The molecule has 0 aliphatic carbocycles. The Morgan fingerprint density at radius 1 is 0.935 bits per heavy atom. The van der Waals surface area contributed by atoms with Crippen molar-refractivity contribution in [1.82, 2.24) is 5.32 Å². The van der Waals surface area contributed by atoms with Crippen molar-refractivity contribution >= 4 is 27.7 Å². The molecule has 1 N–H and O–H groups in total. The van der Waals surface area contributed by atoms with E-state index in [0.717, 1.165) is 19.5 Å². The van der Waals surface area contributed by atoms with E-state index in [-0.39, 0.29) is 5.41 Å². The summed E-state index contributed by atoms with van der Waals surface area (Å²) in [6, 6.07) is 18.9. The normalized spacial score (nSPS) is 11.7. The Hall–Kier alpha value is -2.59. The second-order valence-corrected chi connectivity index (χ2v) is 8.95. The topological polar surface area (TPSA) is 47.6 Å². The van der Waals surface area contributed by atoms with E-state index in [1.807, 2.05) is 0 Å². The quantitative estimate of drug-likeness (QED) is 0.218. The van der Waals surface area contributed by atoms with Crippen molar-refractivity contribution < 1.29 is 14.3 Å². The highest BCUT2D eigenvalue weighted by molar-refractivity contribution is 6.02. The summed E-state index contributed by atoms with van der Waals surface area (Å²) in [5, 5.41) is 8.25. The Bertz CT molecular complexity index is 942. The highest BCUT2D eigenvalue weighted by atomic mass is 16.7. The first-order chi connectivity index (χ1) is 15.0. The molecule has 0 spiro atoms. The summed E-state index contributed by atoms with van der Waals surface area (Å²) in [6.07, 6.45) is 3.40. The molecular weight excluding hydrogens is 386 g/mol. The summed E-state index contributed by atoms with van der Waals surface area (Å²) < 4.78 is 10.8. The number of rotatable bonds is 11. The zero-order chi connectivity index (χ0) is 22.1. The van der Waals surface area contributed by atoms with Gasteiger partial charge in [0, 0.05) is 11.8 Å². The minimum atomic E-state index is -0.587. The zero-order valence-electron chi connectivity index (χ0n) is 19.1. The molecule has 0 heterocycles. The number of benzene rings is 3. The highest BCUT2D eigenvalue weighted by Gasteiger charge is 2.20. The second kappa shape index (κ2) is 11.1. The molecular formula is C27H35NO3. The van der Waals surface area contributed by atoms with Crippen LogP contribution in [-0.2, 0) is 15.9 Å². The van der Waals surface area contributed by atoms with Gasteiger partial charge in [-0.1, -0.05) is 75.7 Å². The van der Waals surface area contributed by atoms with Gasteiger partial charge in [-0.2, -0.15) is 0 Å². The lowest BCUT2D eigenvalue weighted by atomic mass is 9.90. The minimum Gasteiger partial charge on any atom is -0.434 e. The van der Waals surface area contributed by atoms with Crippen molar-refractivity contribution in [3.05, 3.63) is 60.2 Å². The van der Waals surface area contributed by atoms with Crippen LogP contribution in [0.25, 0.3) is 21.5 Å². The van der Waals surface area contributed by atoms with Gasteiger partial charge in [0.15, 0.2) is 0 Å². The molecule has 4 heteroatoms. The molecule has 0 aliphatic heterocycles. The number of carbonyl (C=O) groups excluding carboxylic acids is 1. The van der Waals surface area contributed by atoms with Crippen LogP contribution in [0.3, 0.4) is 0 Å². The number of fused-ring (bicyclic) bond motifs is 2. The van der Waals surface area contributed by atoms with Crippen LogP contribution >= 0.6 is 0 Å². The van der Waals surface area contributed by atoms with Crippen molar-refractivity contribution in [2.45, 2.75) is 46.5 Å². The van der Waals surface area contributed by atoms with Crippen LogP contribution in [0.2, 0.25) is 0 Å². The van der Waals surface area contributed by atoms with E-state index < -0.39 is 6.16 Å². The Labute approximate surface area is 185 Å². The van der Waals surface area contributed by atoms with Crippen molar-refractivity contribution in [1.29, 1.82) is 0 Å². The molecule has 0 amide bonds. The van der Waals surface area contributed by atoms with Crippen molar-refractivity contribution in [2.24, 2.45) is 5.41 Å². The predicted molar refractivity (Wildman–Crippen MR) is 129 cm³/mol. The Morgan fingerprint density at radius 2 is 1.58 bits per heavy atom. The molecule has 0 unspecified atom stereocenters. The third-order valence-electron chi connectivity index (χ3n) is 5.72. The number of hydrogen-bond donors (Lipinski definition) is 1.